The third-order valence-corrected chi connectivity index (χ3v) is 7.63. The van der Waals surface area contributed by atoms with Gasteiger partial charge in [0.2, 0.25) is 0 Å². The van der Waals surface area contributed by atoms with Crippen LogP contribution >= 0.6 is 0 Å². The van der Waals surface area contributed by atoms with Crippen LogP contribution in [0.4, 0.5) is 22.7 Å². The molecule has 0 bridgehead atoms. The summed E-state index contributed by atoms with van der Waals surface area (Å²) < 4.78 is 0. The van der Waals surface area contributed by atoms with Gasteiger partial charge in [0.1, 0.15) is 0 Å². The molecule has 0 aromatic heterocycles. The number of hydrogen-bond donors (Lipinski definition) is 2. The minimum absolute atomic E-state index is 0.146. The lowest BCUT2D eigenvalue weighted by molar-refractivity contribution is 0.0980. The lowest BCUT2D eigenvalue weighted by Crippen LogP contribution is -2.23. The highest BCUT2D eigenvalue weighted by molar-refractivity contribution is 6.32. The van der Waals surface area contributed by atoms with Crippen molar-refractivity contribution in [1.29, 1.82) is 0 Å². The van der Waals surface area contributed by atoms with Crippen LogP contribution < -0.4 is 10.6 Å². The molecule has 5 rings (SSSR count). The van der Waals surface area contributed by atoms with Gasteiger partial charge < -0.3 is 10.6 Å². The number of carbonyl (C=O) groups is 2. The van der Waals surface area contributed by atoms with Crippen molar-refractivity contribution in [2.45, 2.75) is 48.5 Å². The number of rotatable bonds is 4. The van der Waals surface area contributed by atoms with Crippen LogP contribution in [0.5, 0.6) is 0 Å². The zero-order chi connectivity index (χ0) is 26.6. The summed E-state index contributed by atoms with van der Waals surface area (Å²) in [5, 5.41) is 7.05. The van der Waals surface area contributed by atoms with Crippen molar-refractivity contribution in [3.8, 4) is 0 Å². The Kier molecular flexibility index (Phi) is 5.99. The molecule has 4 aromatic carbocycles. The molecule has 37 heavy (non-hydrogen) atoms. The molecule has 0 heterocycles. The summed E-state index contributed by atoms with van der Waals surface area (Å²) >= 11 is 0. The Balaban J connectivity index is 1.72. The second-order valence-electron chi connectivity index (χ2n) is 10.3. The number of benzene rings is 4. The van der Waals surface area contributed by atoms with E-state index in [9.17, 15) is 9.59 Å². The smallest absolute Gasteiger partial charge is 0.196 e. The van der Waals surface area contributed by atoms with Gasteiger partial charge in [-0.3, -0.25) is 9.59 Å². The van der Waals surface area contributed by atoms with Crippen LogP contribution in [0.25, 0.3) is 0 Å². The highest BCUT2D eigenvalue weighted by Crippen LogP contribution is 2.40. The number of nitrogens with one attached hydrogen (secondary N) is 2. The molecule has 0 aliphatic heterocycles. The van der Waals surface area contributed by atoms with Crippen molar-refractivity contribution < 1.29 is 9.59 Å². The standard InChI is InChI=1S/C33H32N2O2/c1-17-14-19(3)30(20(4)15-17)34-26-12-13-27(35-31-21(5)16-18(2)22(6)23(31)7)29-28(26)32(36)24-10-8-9-11-25(24)33(29)37/h8-16,34-35H,1-7H3. The number of carbonyl (C=O) groups excluding carboxylic acids is 2. The van der Waals surface area contributed by atoms with Crippen LogP contribution in [-0.2, 0) is 0 Å². The van der Waals surface area contributed by atoms with Crippen LogP contribution in [0, 0.1) is 48.5 Å². The van der Waals surface area contributed by atoms with Crippen molar-refractivity contribution >= 4 is 34.3 Å². The fourth-order valence-electron chi connectivity index (χ4n) is 5.55. The zero-order valence-electron chi connectivity index (χ0n) is 22.5. The normalized spacial score (nSPS) is 12.3. The van der Waals surface area contributed by atoms with E-state index in [1.165, 1.54) is 16.7 Å². The molecule has 0 spiro atoms. The van der Waals surface area contributed by atoms with Gasteiger partial charge in [-0.05, 0) is 94.0 Å². The molecule has 4 nitrogen and oxygen atoms in total. The fourth-order valence-corrected chi connectivity index (χ4v) is 5.55. The number of ketones is 2. The zero-order valence-corrected chi connectivity index (χ0v) is 22.5. The van der Waals surface area contributed by atoms with Crippen molar-refractivity contribution in [2.75, 3.05) is 10.6 Å². The molecule has 0 amide bonds. The van der Waals surface area contributed by atoms with E-state index in [-0.39, 0.29) is 11.6 Å². The predicted octanol–water partition coefficient (Wildman–Crippen LogP) is 8.11. The number of anilines is 4. The largest absolute Gasteiger partial charge is 0.354 e. The molecule has 0 radical (unpaired) electrons. The van der Waals surface area contributed by atoms with Crippen LogP contribution in [0.15, 0.2) is 54.6 Å². The first kappa shape index (κ1) is 24.5. The van der Waals surface area contributed by atoms with Crippen molar-refractivity contribution in [3.63, 3.8) is 0 Å². The van der Waals surface area contributed by atoms with E-state index < -0.39 is 0 Å². The molecule has 1 aliphatic rings. The Labute approximate surface area is 218 Å². The lowest BCUT2D eigenvalue weighted by atomic mass is 9.82. The van der Waals surface area contributed by atoms with Gasteiger partial charge in [0.05, 0.1) is 22.5 Å². The molecule has 4 aromatic rings. The second kappa shape index (κ2) is 9.04. The molecule has 2 N–H and O–H groups in total. The Morgan fingerprint density at radius 3 is 1.49 bits per heavy atom. The summed E-state index contributed by atoms with van der Waals surface area (Å²) in [7, 11) is 0. The maximum atomic E-state index is 13.9. The Morgan fingerprint density at radius 1 is 0.514 bits per heavy atom. The lowest BCUT2D eigenvalue weighted by Gasteiger charge is -2.26. The van der Waals surface area contributed by atoms with E-state index >= 15 is 0 Å². The van der Waals surface area contributed by atoms with E-state index in [4.69, 9.17) is 0 Å². The topological polar surface area (TPSA) is 58.2 Å². The summed E-state index contributed by atoms with van der Waals surface area (Å²) in [4.78, 5) is 27.8. The Bertz CT molecular complexity index is 1610. The van der Waals surface area contributed by atoms with E-state index in [1.807, 2.05) is 12.1 Å². The molecule has 0 saturated heterocycles. The number of hydrogen-bond acceptors (Lipinski definition) is 4. The molecule has 1 aliphatic carbocycles. The summed E-state index contributed by atoms with van der Waals surface area (Å²) in [6.45, 7) is 14.5. The van der Waals surface area contributed by atoms with Crippen LogP contribution in [-0.4, -0.2) is 11.6 Å². The first-order valence-corrected chi connectivity index (χ1v) is 12.6. The van der Waals surface area contributed by atoms with Gasteiger partial charge in [-0.25, -0.2) is 0 Å². The van der Waals surface area contributed by atoms with Crippen molar-refractivity contribution in [2.24, 2.45) is 0 Å². The first-order chi connectivity index (χ1) is 17.6. The minimum atomic E-state index is -0.146. The summed E-state index contributed by atoms with van der Waals surface area (Å²) in [5.74, 6) is -0.292. The van der Waals surface area contributed by atoms with Gasteiger partial charge in [-0.2, -0.15) is 0 Å². The third-order valence-electron chi connectivity index (χ3n) is 7.63. The van der Waals surface area contributed by atoms with Crippen LogP contribution in [0.3, 0.4) is 0 Å². The van der Waals surface area contributed by atoms with Gasteiger partial charge in [0.15, 0.2) is 11.6 Å². The summed E-state index contributed by atoms with van der Waals surface area (Å²) in [6.07, 6.45) is 0. The predicted molar refractivity (Wildman–Crippen MR) is 152 cm³/mol. The van der Waals surface area contributed by atoms with E-state index in [1.54, 1.807) is 24.3 Å². The average Bonchev–Trinajstić information content (AvgIpc) is 2.86. The Hall–Kier alpha value is -4.18. The second-order valence-corrected chi connectivity index (χ2v) is 10.3. The molecule has 0 saturated carbocycles. The van der Waals surface area contributed by atoms with E-state index in [0.717, 1.165) is 33.6 Å². The number of aryl methyl sites for hydroxylation is 5. The highest BCUT2D eigenvalue weighted by Gasteiger charge is 2.34. The average molecular weight is 489 g/mol. The SMILES string of the molecule is Cc1cc(C)c(Nc2ccc(Nc3c(C)cc(C)c(C)c3C)c3c2C(=O)c2ccccc2C3=O)c(C)c1. The van der Waals surface area contributed by atoms with Crippen molar-refractivity contribution in [1.82, 2.24) is 0 Å². The van der Waals surface area contributed by atoms with Gasteiger partial charge in [0, 0.05) is 22.5 Å². The fraction of sp³-hybridized carbons (Fsp3) is 0.212. The highest BCUT2D eigenvalue weighted by atomic mass is 16.1. The van der Waals surface area contributed by atoms with Gasteiger partial charge >= 0.3 is 0 Å². The van der Waals surface area contributed by atoms with Crippen LogP contribution in [0.2, 0.25) is 0 Å². The quantitative estimate of drug-likeness (QED) is 0.268. The third kappa shape index (κ3) is 4.03. The molecule has 0 unspecified atom stereocenters. The molecular formula is C33H32N2O2. The molecule has 0 atom stereocenters. The molecule has 4 heteroatoms. The first-order valence-electron chi connectivity index (χ1n) is 12.6. The maximum absolute atomic E-state index is 13.9. The molecule has 186 valence electrons. The van der Waals surface area contributed by atoms with Crippen molar-refractivity contribution in [3.05, 3.63) is 116 Å². The Morgan fingerprint density at radius 2 is 0.973 bits per heavy atom. The monoisotopic (exact) mass is 488 g/mol. The summed E-state index contributed by atoms with van der Waals surface area (Å²) in [6, 6.07) is 17.3. The van der Waals surface area contributed by atoms with Gasteiger partial charge in [-0.1, -0.05) is 48.0 Å². The maximum Gasteiger partial charge on any atom is 0.196 e. The van der Waals surface area contributed by atoms with E-state index in [2.05, 4.69) is 77.3 Å². The van der Waals surface area contributed by atoms with E-state index in [0.29, 0.717) is 33.6 Å². The molecular weight excluding hydrogens is 456 g/mol. The summed E-state index contributed by atoms with van der Waals surface area (Å²) in [5.41, 5.74) is 12.9. The van der Waals surface area contributed by atoms with Gasteiger partial charge in [0.25, 0.3) is 0 Å². The van der Waals surface area contributed by atoms with Gasteiger partial charge in [-0.15, -0.1) is 0 Å². The molecule has 0 fully saturated rings. The minimum Gasteiger partial charge on any atom is -0.354 e. The van der Waals surface area contributed by atoms with Crippen LogP contribution in [0.1, 0.15) is 70.8 Å². The number of fused-ring (bicyclic) bond motifs is 2.